The predicted molar refractivity (Wildman–Crippen MR) is 102 cm³/mol. The van der Waals surface area contributed by atoms with Crippen molar-refractivity contribution in [1.29, 1.82) is 0 Å². The van der Waals surface area contributed by atoms with E-state index in [1.165, 1.54) is 11.1 Å². The number of nitrogens with zero attached hydrogens (tertiary/aromatic N) is 2. The molecule has 0 unspecified atom stereocenters. The van der Waals surface area contributed by atoms with Crippen LogP contribution in [0.3, 0.4) is 0 Å². The highest BCUT2D eigenvalue weighted by Crippen LogP contribution is 2.41. The zero-order chi connectivity index (χ0) is 18.0. The normalized spacial score (nSPS) is 19.3. The van der Waals surface area contributed by atoms with Crippen LogP contribution in [0.4, 0.5) is 0 Å². The molecule has 1 aromatic rings. The van der Waals surface area contributed by atoms with E-state index in [9.17, 15) is 4.79 Å². The van der Waals surface area contributed by atoms with Gasteiger partial charge in [-0.25, -0.2) is 0 Å². The lowest BCUT2D eigenvalue weighted by Crippen LogP contribution is -2.61. The minimum Gasteiger partial charge on any atom is -0.328 e. The number of rotatable bonds is 5. The molecule has 0 aliphatic carbocycles. The Morgan fingerprint density at radius 3 is 2.17 bits per heavy atom. The number of likely N-dealkylation sites (N-methyl/N-ethyl adjacent to an activating group) is 1. The third-order valence-corrected chi connectivity index (χ3v) is 4.98. The van der Waals surface area contributed by atoms with E-state index >= 15 is 0 Å². The quantitative estimate of drug-likeness (QED) is 0.809. The van der Waals surface area contributed by atoms with E-state index in [-0.39, 0.29) is 17.0 Å². The first-order chi connectivity index (χ1) is 11.2. The molecule has 0 fully saturated rings. The summed E-state index contributed by atoms with van der Waals surface area (Å²) in [6.45, 7) is 15.2. The van der Waals surface area contributed by atoms with Crippen molar-refractivity contribution in [3.8, 4) is 0 Å². The van der Waals surface area contributed by atoms with Gasteiger partial charge in [0.2, 0.25) is 5.91 Å². The van der Waals surface area contributed by atoms with Crippen LogP contribution in [-0.2, 0) is 4.79 Å². The van der Waals surface area contributed by atoms with Crippen LogP contribution in [0.5, 0.6) is 0 Å². The third-order valence-electron chi connectivity index (χ3n) is 4.98. The average molecular weight is 329 g/mol. The first-order valence-electron chi connectivity index (χ1n) is 9.04. The number of amides is 1. The summed E-state index contributed by atoms with van der Waals surface area (Å²) in [7, 11) is 0. The van der Waals surface area contributed by atoms with Crippen molar-refractivity contribution in [2.75, 3.05) is 19.6 Å². The monoisotopic (exact) mass is 328 g/mol. The molecule has 3 nitrogen and oxygen atoms in total. The van der Waals surface area contributed by atoms with E-state index < -0.39 is 0 Å². The van der Waals surface area contributed by atoms with Gasteiger partial charge in [0.15, 0.2) is 0 Å². The summed E-state index contributed by atoms with van der Waals surface area (Å²) >= 11 is 0. The van der Waals surface area contributed by atoms with E-state index in [2.05, 4.69) is 81.7 Å². The van der Waals surface area contributed by atoms with Crippen LogP contribution >= 0.6 is 0 Å². The SMILES string of the molecule is CCN(CC)CC(=O)N1C(C)(C)C=C(c2ccccc2)CC1(C)C. The number of benzene rings is 1. The Labute approximate surface area is 147 Å². The molecule has 0 saturated heterocycles. The fraction of sp³-hybridized carbons (Fsp3) is 0.571. The van der Waals surface area contributed by atoms with Crippen molar-refractivity contribution in [2.45, 2.75) is 59.0 Å². The molecule has 24 heavy (non-hydrogen) atoms. The second-order valence-corrected chi connectivity index (χ2v) is 7.87. The van der Waals surface area contributed by atoms with E-state index in [4.69, 9.17) is 0 Å². The maximum Gasteiger partial charge on any atom is 0.237 e. The Morgan fingerprint density at radius 2 is 1.67 bits per heavy atom. The molecular formula is C21H32N2O. The first-order valence-corrected chi connectivity index (χ1v) is 9.04. The van der Waals surface area contributed by atoms with Crippen molar-refractivity contribution in [1.82, 2.24) is 9.80 Å². The standard InChI is InChI=1S/C21H32N2O/c1-7-22(8-2)16-19(24)23-20(3,4)14-18(15-21(23,5)6)17-12-10-9-11-13-17/h9-14H,7-8,15-16H2,1-6H3. The third kappa shape index (κ3) is 3.89. The Morgan fingerprint density at radius 1 is 1.08 bits per heavy atom. The van der Waals surface area contributed by atoms with E-state index in [0.717, 1.165) is 19.5 Å². The lowest BCUT2D eigenvalue weighted by Gasteiger charge is -2.52. The molecule has 0 aromatic heterocycles. The van der Waals surface area contributed by atoms with Crippen LogP contribution in [0.25, 0.3) is 5.57 Å². The summed E-state index contributed by atoms with van der Waals surface area (Å²) < 4.78 is 0. The van der Waals surface area contributed by atoms with Gasteiger partial charge in [0.1, 0.15) is 0 Å². The van der Waals surface area contributed by atoms with Gasteiger partial charge in [0.25, 0.3) is 0 Å². The molecular weight excluding hydrogens is 296 g/mol. The maximum atomic E-state index is 13.1. The van der Waals surface area contributed by atoms with Gasteiger partial charge in [-0.1, -0.05) is 50.3 Å². The van der Waals surface area contributed by atoms with Crippen molar-refractivity contribution in [2.24, 2.45) is 0 Å². The molecule has 0 N–H and O–H groups in total. The highest BCUT2D eigenvalue weighted by atomic mass is 16.2. The maximum absolute atomic E-state index is 13.1. The van der Waals surface area contributed by atoms with Crippen molar-refractivity contribution < 1.29 is 4.79 Å². The second-order valence-electron chi connectivity index (χ2n) is 7.87. The highest BCUT2D eigenvalue weighted by molar-refractivity contribution is 5.82. The van der Waals surface area contributed by atoms with Crippen LogP contribution in [0.1, 0.15) is 53.5 Å². The van der Waals surface area contributed by atoms with Crippen LogP contribution in [-0.4, -0.2) is 46.4 Å². The molecule has 0 spiro atoms. The molecule has 1 aliphatic rings. The molecule has 0 saturated carbocycles. The van der Waals surface area contributed by atoms with E-state index in [1.54, 1.807) is 0 Å². The summed E-state index contributed by atoms with van der Waals surface area (Å²) in [4.78, 5) is 17.3. The minimum atomic E-state index is -0.294. The van der Waals surface area contributed by atoms with Gasteiger partial charge in [-0.3, -0.25) is 9.69 Å². The van der Waals surface area contributed by atoms with Crippen LogP contribution in [0.2, 0.25) is 0 Å². The lowest BCUT2D eigenvalue weighted by molar-refractivity contribution is -0.143. The summed E-state index contributed by atoms with van der Waals surface area (Å²) in [6.07, 6.45) is 3.15. The fourth-order valence-electron chi connectivity index (χ4n) is 4.07. The zero-order valence-electron chi connectivity index (χ0n) is 16.1. The molecule has 1 aliphatic heterocycles. The molecule has 2 rings (SSSR count). The number of hydrogen-bond acceptors (Lipinski definition) is 2. The number of hydrogen-bond donors (Lipinski definition) is 0. The predicted octanol–water partition coefficient (Wildman–Crippen LogP) is 4.20. The van der Waals surface area contributed by atoms with Gasteiger partial charge in [-0.15, -0.1) is 0 Å². The van der Waals surface area contributed by atoms with Crippen molar-refractivity contribution >= 4 is 11.5 Å². The highest BCUT2D eigenvalue weighted by Gasteiger charge is 2.44. The number of carbonyl (C=O) groups is 1. The average Bonchev–Trinajstić information content (AvgIpc) is 2.51. The minimum absolute atomic E-state index is 0.201. The van der Waals surface area contributed by atoms with Crippen LogP contribution < -0.4 is 0 Å². The zero-order valence-corrected chi connectivity index (χ0v) is 16.1. The second kappa shape index (κ2) is 7.10. The molecule has 0 atom stereocenters. The van der Waals surface area contributed by atoms with Gasteiger partial charge in [0.05, 0.1) is 12.1 Å². The van der Waals surface area contributed by atoms with E-state index in [0.29, 0.717) is 6.54 Å². The summed E-state index contributed by atoms with van der Waals surface area (Å²) in [5, 5.41) is 0. The first kappa shape index (κ1) is 18.7. The van der Waals surface area contributed by atoms with Crippen molar-refractivity contribution in [3.05, 3.63) is 42.0 Å². The smallest absolute Gasteiger partial charge is 0.237 e. The Balaban J connectivity index is 2.34. The van der Waals surface area contributed by atoms with Gasteiger partial charge >= 0.3 is 0 Å². The van der Waals surface area contributed by atoms with E-state index in [1.807, 2.05) is 6.07 Å². The molecule has 0 bridgehead atoms. The Hall–Kier alpha value is -1.61. The summed E-state index contributed by atoms with van der Waals surface area (Å²) in [5.74, 6) is 0.220. The Bertz CT molecular complexity index is 598. The fourth-order valence-corrected chi connectivity index (χ4v) is 4.07. The molecule has 1 heterocycles. The topological polar surface area (TPSA) is 23.6 Å². The Kier molecular flexibility index (Phi) is 5.54. The van der Waals surface area contributed by atoms with Gasteiger partial charge in [0, 0.05) is 5.54 Å². The van der Waals surface area contributed by atoms with Crippen molar-refractivity contribution in [3.63, 3.8) is 0 Å². The van der Waals surface area contributed by atoms with Gasteiger partial charge in [-0.2, -0.15) is 0 Å². The molecule has 0 radical (unpaired) electrons. The van der Waals surface area contributed by atoms with Gasteiger partial charge in [-0.05, 0) is 58.3 Å². The molecule has 3 heteroatoms. The number of carbonyl (C=O) groups excluding carboxylic acids is 1. The summed E-state index contributed by atoms with van der Waals surface area (Å²) in [5.41, 5.74) is 2.09. The van der Waals surface area contributed by atoms with Crippen LogP contribution in [0.15, 0.2) is 36.4 Å². The van der Waals surface area contributed by atoms with Crippen LogP contribution in [0, 0.1) is 0 Å². The lowest BCUT2D eigenvalue weighted by atomic mass is 9.78. The largest absolute Gasteiger partial charge is 0.328 e. The molecule has 1 amide bonds. The molecule has 132 valence electrons. The van der Waals surface area contributed by atoms with Gasteiger partial charge < -0.3 is 4.90 Å². The summed E-state index contributed by atoms with van der Waals surface area (Å²) in [6, 6.07) is 10.5. The molecule has 1 aromatic carbocycles.